The molecule has 2 aromatic carbocycles. The van der Waals surface area contributed by atoms with Crippen LogP contribution in [0.4, 0.5) is 5.69 Å². The Bertz CT molecular complexity index is 1210. The molecule has 3 heterocycles. The monoisotopic (exact) mass is 462 g/mol. The molecule has 5 N–H and O–H groups in total. The van der Waals surface area contributed by atoms with Gasteiger partial charge in [-0.2, -0.15) is 0 Å². The highest BCUT2D eigenvalue weighted by molar-refractivity contribution is 6.14. The van der Waals surface area contributed by atoms with Crippen LogP contribution in [0.5, 0.6) is 11.5 Å². The maximum absolute atomic E-state index is 13.9. The minimum absolute atomic E-state index is 0.102. The third kappa shape index (κ3) is 2.84. The predicted octanol–water partition coefficient (Wildman–Crippen LogP) is 1.37. The first-order valence-electron chi connectivity index (χ1n) is 12.1. The molecule has 4 atom stereocenters. The second-order valence-corrected chi connectivity index (χ2v) is 10.1. The molecule has 1 saturated carbocycles. The van der Waals surface area contributed by atoms with Crippen LogP contribution < -0.4 is 10.6 Å². The van der Waals surface area contributed by atoms with Crippen LogP contribution >= 0.6 is 0 Å². The third-order valence-electron chi connectivity index (χ3n) is 8.26. The molecule has 176 valence electrons. The predicted molar refractivity (Wildman–Crippen MR) is 122 cm³/mol. The number of likely N-dealkylation sites (tertiary alicyclic amines) is 1. The van der Waals surface area contributed by atoms with E-state index in [9.17, 15) is 24.6 Å². The molecule has 0 unspecified atom stereocenters. The van der Waals surface area contributed by atoms with E-state index in [2.05, 4.69) is 5.32 Å². The van der Waals surface area contributed by atoms with Crippen LogP contribution in [0.15, 0.2) is 42.5 Å². The van der Waals surface area contributed by atoms with Crippen LogP contribution in [0, 0.1) is 11.8 Å². The number of para-hydroxylation sites is 1. The van der Waals surface area contributed by atoms with Crippen LogP contribution in [-0.4, -0.2) is 44.9 Å². The maximum atomic E-state index is 13.9. The van der Waals surface area contributed by atoms with Gasteiger partial charge in [0.2, 0.25) is 17.4 Å². The highest BCUT2D eigenvalue weighted by Gasteiger charge is 2.74. The Morgan fingerprint density at radius 3 is 2.50 bits per heavy atom. The highest BCUT2D eigenvalue weighted by atomic mass is 16.3. The minimum Gasteiger partial charge on any atom is -0.504 e. The molecule has 1 aliphatic carbocycles. The number of quaternary nitrogens is 1. The molecule has 3 fully saturated rings. The number of fused-ring (bicyclic) bond motifs is 4. The number of hydrogen-bond acceptors (Lipinski definition) is 5. The Hall–Kier alpha value is -3.39. The zero-order chi connectivity index (χ0) is 23.6. The first kappa shape index (κ1) is 21.2. The number of benzene rings is 2. The van der Waals surface area contributed by atoms with Crippen molar-refractivity contribution in [3.8, 4) is 11.5 Å². The summed E-state index contributed by atoms with van der Waals surface area (Å²) in [6, 6.07) is 11.5. The summed E-state index contributed by atoms with van der Waals surface area (Å²) >= 11 is 0. The number of rotatable bonds is 3. The van der Waals surface area contributed by atoms with Crippen LogP contribution in [0.2, 0.25) is 0 Å². The van der Waals surface area contributed by atoms with E-state index in [0.29, 0.717) is 12.1 Å². The maximum Gasteiger partial charge on any atom is 0.291 e. The summed E-state index contributed by atoms with van der Waals surface area (Å²) in [5, 5.41) is 24.5. The average Bonchev–Trinajstić information content (AvgIpc) is 3.41. The first-order chi connectivity index (χ1) is 16.4. The number of carbonyl (C=O) groups excluding carboxylic acids is 3. The van der Waals surface area contributed by atoms with Crippen molar-refractivity contribution in [3.05, 3.63) is 53.6 Å². The molecule has 0 aromatic heterocycles. The molecule has 3 aliphatic heterocycles. The first-order valence-corrected chi connectivity index (χ1v) is 12.1. The van der Waals surface area contributed by atoms with Crippen LogP contribution in [0.25, 0.3) is 0 Å². The van der Waals surface area contributed by atoms with Gasteiger partial charge >= 0.3 is 0 Å². The second-order valence-electron chi connectivity index (χ2n) is 10.1. The van der Waals surface area contributed by atoms with E-state index in [1.165, 1.54) is 17.0 Å². The van der Waals surface area contributed by atoms with Gasteiger partial charge in [0.05, 0.1) is 5.69 Å². The van der Waals surface area contributed by atoms with E-state index in [1.54, 1.807) is 6.07 Å². The third-order valence-corrected chi connectivity index (χ3v) is 8.26. The number of imide groups is 1. The van der Waals surface area contributed by atoms with E-state index >= 15 is 0 Å². The summed E-state index contributed by atoms with van der Waals surface area (Å²) in [5.74, 6) is -2.53. The van der Waals surface area contributed by atoms with Crippen molar-refractivity contribution in [1.82, 2.24) is 4.90 Å². The number of amides is 3. The molecule has 4 aliphatic rings. The fourth-order valence-electron chi connectivity index (χ4n) is 6.80. The van der Waals surface area contributed by atoms with Crippen LogP contribution in [0.3, 0.4) is 0 Å². The van der Waals surface area contributed by atoms with Crippen molar-refractivity contribution < 1.29 is 29.9 Å². The molecule has 0 radical (unpaired) electrons. The Morgan fingerprint density at radius 1 is 0.971 bits per heavy atom. The Morgan fingerprint density at radius 2 is 1.74 bits per heavy atom. The molecule has 3 amide bonds. The number of nitrogens with zero attached hydrogens (tertiary/aromatic N) is 1. The summed E-state index contributed by atoms with van der Waals surface area (Å²) in [6.07, 6.45) is 5.10. The van der Waals surface area contributed by atoms with Crippen molar-refractivity contribution in [1.29, 1.82) is 0 Å². The summed E-state index contributed by atoms with van der Waals surface area (Å²) in [7, 11) is 0. The summed E-state index contributed by atoms with van der Waals surface area (Å²) < 4.78 is 0. The lowest BCUT2D eigenvalue weighted by molar-refractivity contribution is -0.733. The smallest absolute Gasteiger partial charge is 0.291 e. The zero-order valence-corrected chi connectivity index (χ0v) is 18.7. The number of hydrogen-bond donors (Lipinski definition) is 4. The number of aromatic hydroxyl groups is 2. The fraction of sp³-hybridized carbons (Fsp3) is 0.423. The standard InChI is InChI=1S/C26H27N3O5/c30-19-11-10-14(13-20(19)31)12-18-21-22(24(33)29(23(21)32)15-6-2-1-3-7-15)26(28-18)16-8-4-5-9-17(16)27-25(26)34/h4-5,8-11,13,15,18,21-22,28,30-31H,1-3,6-7,12H2,(H,27,34)/p+1/t18-,21+,22-,26-/m0/s1. The number of nitrogens with one attached hydrogen (secondary N) is 1. The minimum atomic E-state index is -1.19. The lowest BCUT2D eigenvalue weighted by atomic mass is 9.76. The molecular formula is C26H28N3O5+. The van der Waals surface area contributed by atoms with Gasteiger partial charge in [0.1, 0.15) is 17.9 Å². The fourth-order valence-corrected chi connectivity index (χ4v) is 6.80. The molecule has 2 saturated heterocycles. The van der Waals surface area contributed by atoms with E-state index in [-0.39, 0.29) is 41.3 Å². The molecule has 6 rings (SSSR count). The van der Waals surface area contributed by atoms with Gasteiger partial charge in [-0.15, -0.1) is 0 Å². The summed E-state index contributed by atoms with van der Waals surface area (Å²) in [6.45, 7) is 0. The lowest BCUT2D eigenvalue weighted by Crippen LogP contribution is -2.99. The Kier molecular flexibility index (Phi) is 4.71. The Labute approximate surface area is 197 Å². The van der Waals surface area contributed by atoms with E-state index in [4.69, 9.17) is 0 Å². The molecule has 1 spiro atoms. The van der Waals surface area contributed by atoms with Crippen LogP contribution in [-0.2, 0) is 26.3 Å². The number of nitrogens with two attached hydrogens (primary N) is 1. The number of phenols is 2. The van der Waals surface area contributed by atoms with Gasteiger partial charge in [0, 0.05) is 18.0 Å². The average molecular weight is 463 g/mol. The largest absolute Gasteiger partial charge is 0.504 e. The number of carbonyl (C=O) groups is 3. The van der Waals surface area contributed by atoms with Crippen molar-refractivity contribution in [2.24, 2.45) is 11.8 Å². The van der Waals surface area contributed by atoms with E-state index in [1.807, 2.05) is 29.6 Å². The molecule has 0 bridgehead atoms. The Balaban J connectivity index is 1.45. The molecule has 34 heavy (non-hydrogen) atoms. The van der Waals surface area contributed by atoms with Gasteiger partial charge in [0.25, 0.3) is 5.91 Å². The van der Waals surface area contributed by atoms with Gasteiger partial charge in [-0.25, -0.2) is 0 Å². The molecule has 2 aromatic rings. The van der Waals surface area contributed by atoms with Gasteiger partial charge in [0.15, 0.2) is 11.5 Å². The molecule has 8 nitrogen and oxygen atoms in total. The van der Waals surface area contributed by atoms with Gasteiger partial charge in [-0.3, -0.25) is 19.3 Å². The van der Waals surface area contributed by atoms with Gasteiger partial charge in [-0.1, -0.05) is 43.5 Å². The zero-order valence-electron chi connectivity index (χ0n) is 18.7. The van der Waals surface area contributed by atoms with Crippen molar-refractivity contribution in [3.63, 3.8) is 0 Å². The van der Waals surface area contributed by atoms with Crippen molar-refractivity contribution >= 4 is 23.4 Å². The number of anilines is 1. The lowest BCUT2D eigenvalue weighted by Gasteiger charge is -2.32. The topological polar surface area (TPSA) is 124 Å². The van der Waals surface area contributed by atoms with Gasteiger partial charge < -0.3 is 20.8 Å². The van der Waals surface area contributed by atoms with Crippen LogP contribution in [0.1, 0.15) is 43.2 Å². The summed E-state index contributed by atoms with van der Waals surface area (Å²) in [5.41, 5.74) is 0.969. The van der Waals surface area contributed by atoms with Crippen molar-refractivity contribution in [2.45, 2.75) is 56.1 Å². The van der Waals surface area contributed by atoms with E-state index in [0.717, 1.165) is 43.2 Å². The van der Waals surface area contributed by atoms with E-state index < -0.39 is 17.4 Å². The molecule has 8 heteroatoms. The second kappa shape index (κ2) is 7.56. The SMILES string of the molecule is O=C1[C@@H]2[C@H](Cc3ccc(O)c(O)c3)[NH2+][C@]3(C(=O)Nc4ccccc43)[C@@H]2C(=O)N1C1CCCCC1. The van der Waals surface area contributed by atoms with Crippen molar-refractivity contribution in [2.75, 3.05) is 5.32 Å². The van der Waals surface area contributed by atoms with Gasteiger partial charge in [-0.05, 0) is 36.6 Å². The summed E-state index contributed by atoms with van der Waals surface area (Å²) in [4.78, 5) is 42.8. The quantitative estimate of drug-likeness (QED) is 0.405. The number of phenolic OH excluding ortho intramolecular Hbond substituents is 2. The normalized spacial score (nSPS) is 30.6. The molecular weight excluding hydrogens is 434 g/mol. The highest BCUT2D eigenvalue weighted by Crippen LogP contribution is 2.50.